The molecule has 0 N–H and O–H groups in total. The van der Waals surface area contributed by atoms with Crippen LogP contribution in [0.15, 0.2) is 12.1 Å². The SMILES string of the molecule is CCN1CC(C(F)(F)F)C(c2cc(Cl)c(Cl)c(Cl)c2)(C(F)(F)F)C1. The highest BCUT2D eigenvalue weighted by Gasteiger charge is 2.70. The van der Waals surface area contributed by atoms with Gasteiger partial charge in [0.1, 0.15) is 5.41 Å². The Morgan fingerprint density at radius 1 is 1.08 bits per heavy atom. The Morgan fingerprint density at radius 3 is 1.96 bits per heavy atom. The van der Waals surface area contributed by atoms with E-state index in [1.165, 1.54) is 6.92 Å². The van der Waals surface area contributed by atoms with E-state index in [9.17, 15) is 26.3 Å². The highest BCUT2D eigenvalue weighted by molar-refractivity contribution is 6.48. The van der Waals surface area contributed by atoms with Gasteiger partial charge in [-0.3, -0.25) is 0 Å². The quantitative estimate of drug-likeness (QED) is 0.426. The molecule has 10 heteroatoms. The molecule has 0 aliphatic carbocycles. The fourth-order valence-electron chi connectivity index (χ4n) is 3.12. The molecule has 2 unspecified atom stereocenters. The van der Waals surface area contributed by atoms with Gasteiger partial charge in [-0.05, 0) is 24.2 Å². The van der Waals surface area contributed by atoms with Gasteiger partial charge < -0.3 is 4.90 Å². The number of alkyl halides is 6. The van der Waals surface area contributed by atoms with Crippen molar-refractivity contribution in [1.82, 2.24) is 4.90 Å². The summed E-state index contributed by atoms with van der Waals surface area (Å²) < 4.78 is 82.1. The standard InChI is InChI=1S/C14H12Cl3F6N/c1-2-24-5-10(13(18,19)20)12(6-24,14(21,22)23)7-3-8(15)11(17)9(16)4-7/h3-4,10H,2,5-6H2,1H3. The molecule has 1 heterocycles. The van der Waals surface area contributed by atoms with Gasteiger partial charge in [0, 0.05) is 13.1 Å². The van der Waals surface area contributed by atoms with E-state index in [0.717, 1.165) is 17.0 Å². The number of hydrogen-bond acceptors (Lipinski definition) is 1. The second-order valence-electron chi connectivity index (χ2n) is 5.64. The smallest absolute Gasteiger partial charge is 0.302 e. The Labute approximate surface area is 149 Å². The molecule has 2 rings (SSSR count). The zero-order valence-corrected chi connectivity index (χ0v) is 14.5. The van der Waals surface area contributed by atoms with Crippen LogP contribution < -0.4 is 0 Å². The average molecular weight is 415 g/mol. The minimum Gasteiger partial charge on any atom is -0.302 e. The van der Waals surface area contributed by atoms with Crippen LogP contribution in [0.3, 0.4) is 0 Å². The van der Waals surface area contributed by atoms with Crippen molar-refractivity contribution in [2.45, 2.75) is 24.7 Å². The van der Waals surface area contributed by atoms with Crippen molar-refractivity contribution in [3.63, 3.8) is 0 Å². The maximum atomic E-state index is 13.9. The van der Waals surface area contributed by atoms with E-state index in [0.29, 0.717) is 0 Å². The second kappa shape index (κ2) is 6.41. The predicted molar refractivity (Wildman–Crippen MR) is 80.9 cm³/mol. The molecule has 136 valence electrons. The largest absolute Gasteiger partial charge is 0.400 e. The Balaban J connectivity index is 2.75. The van der Waals surface area contributed by atoms with Crippen LogP contribution in [0.2, 0.25) is 15.1 Å². The van der Waals surface area contributed by atoms with Gasteiger partial charge in [-0.15, -0.1) is 0 Å². The van der Waals surface area contributed by atoms with E-state index in [-0.39, 0.29) is 21.6 Å². The van der Waals surface area contributed by atoms with Gasteiger partial charge in [0.2, 0.25) is 0 Å². The fourth-order valence-corrected chi connectivity index (χ4v) is 3.72. The summed E-state index contributed by atoms with van der Waals surface area (Å²) in [4.78, 5) is 1.11. The van der Waals surface area contributed by atoms with Crippen LogP contribution in [0.5, 0.6) is 0 Å². The molecule has 24 heavy (non-hydrogen) atoms. The van der Waals surface area contributed by atoms with Crippen molar-refractivity contribution >= 4 is 34.8 Å². The summed E-state index contributed by atoms with van der Waals surface area (Å²) in [5.74, 6) is -2.63. The van der Waals surface area contributed by atoms with Crippen molar-refractivity contribution in [2.75, 3.05) is 19.6 Å². The van der Waals surface area contributed by atoms with Crippen molar-refractivity contribution in [2.24, 2.45) is 5.92 Å². The molecule has 1 saturated heterocycles. The van der Waals surface area contributed by atoms with Gasteiger partial charge in [-0.25, -0.2) is 0 Å². The normalized spacial score (nSPS) is 26.2. The second-order valence-corrected chi connectivity index (χ2v) is 6.84. The molecule has 1 fully saturated rings. The first-order valence-electron chi connectivity index (χ1n) is 6.85. The van der Waals surface area contributed by atoms with Gasteiger partial charge in [0.25, 0.3) is 0 Å². The fraction of sp³-hybridized carbons (Fsp3) is 0.571. The van der Waals surface area contributed by atoms with Crippen molar-refractivity contribution in [3.8, 4) is 0 Å². The number of halogens is 9. The molecule has 0 spiro atoms. The van der Waals surface area contributed by atoms with E-state index in [1.54, 1.807) is 0 Å². The monoisotopic (exact) mass is 413 g/mol. The molecule has 0 bridgehead atoms. The lowest BCUT2D eigenvalue weighted by Crippen LogP contribution is -2.53. The number of benzene rings is 1. The van der Waals surface area contributed by atoms with Crippen LogP contribution in [0.25, 0.3) is 0 Å². The van der Waals surface area contributed by atoms with E-state index in [2.05, 4.69) is 0 Å². The Morgan fingerprint density at radius 2 is 1.58 bits per heavy atom. The van der Waals surface area contributed by atoms with Gasteiger partial charge in [0.05, 0.1) is 21.0 Å². The molecule has 1 aromatic rings. The topological polar surface area (TPSA) is 3.24 Å². The van der Waals surface area contributed by atoms with Crippen LogP contribution in [0.4, 0.5) is 26.3 Å². The molecule has 1 aliphatic heterocycles. The van der Waals surface area contributed by atoms with Crippen LogP contribution in [0, 0.1) is 5.92 Å². The number of nitrogens with zero attached hydrogens (tertiary/aromatic N) is 1. The van der Waals surface area contributed by atoms with Gasteiger partial charge in [-0.1, -0.05) is 41.7 Å². The lowest BCUT2D eigenvalue weighted by Gasteiger charge is -2.38. The number of hydrogen-bond donors (Lipinski definition) is 0. The molecular formula is C14H12Cl3F6N. The third kappa shape index (κ3) is 3.20. The first-order valence-corrected chi connectivity index (χ1v) is 7.98. The van der Waals surface area contributed by atoms with Crippen LogP contribution >= 0.6 is 34.8 Å². The van der Waals surface area contributed by atoms with E-state index >= 15 is 0 Å². The average Bonchev–Trinajstić information content (AvgIpc) is 2.85. The Hall–Kier alpha value is -0.370. The highest BCUT2D eigenvalue weighted by Crippen LogP contribution is 2.56. The van der Waals surface area contributed by atoms with Crippen LogP contribution in [-0.4, -0.2) is 36.9 Å². The summed E-state index contributed by atoms with van der Waals surface area (Å²) in [6.07, 6.45) is -10.2. The number of likely N-dealkylation sites (N-methyl/N-ethyl adjacent to an activating group) is 1. The van der Waals surface area contributed by atoms with Crippen LogP contribution in [-0.2, 0) is 5.41 Å². The molecule has 2 atom stereocenters. The van der Waals surface area contributed by atoms with E-state index in [4.69, 9.17) is 34.8 Å². The third-order valence-corrected chi connectivity index (χ3v) is 5.55. The van der Waals surface area contributed by atoms with E-state index in [1.807, 2.05) is 0 Å². The number of rotatable bonds is 2. The summed E-state index contributed by atoms with van der Waals surface area (Å²) in [7, 11) is 0. The lowest BCUT2D eigenvalue weighted by molar-refractivity contribution is -0.254. The lowest BCUT2D eigenvalue weighted by atomic mass is 9.71. The minimum atomic E-state index is -5.16. The first kappa shape index (κ1) is 19.9. The van der Waals surface area contributed by atoms with Crippen LogP contribution in [0.1, 0.15) is 12.5 Å². The van der Waals surface area contributed by atoms with E-state index < -0.39 is 42.3 Å². The van der Waals surface area contributed by atoms with Gasteiger partial charge >= 0.3 is 12.4 Å². The molecule has 1 aromatic carbocycles. The summed E-state index contributed by atoms with van der Waals surface area (Å²) in [5.41, 5.74) is -3.79. The van der Waals surface area contributed by atoms with Crippen molar-refractivity contribution in [1.29, 1.82) is 0 Å². The number of likely N-dealkylation sites (tertiary alicyclic amines) is 1. The summed E-state index contributed by atoms with van der Waals surface area (Å²) in [6, 6.07) is 1.64. The molecule has 0 aromatic heterocycles. The summed E-state index contributed by atoms with van der Waals surface area (Å²) in [6.45, 7) is -0.0238. The third-order valence-electron chi connectivity index (χ3n) is 4.36. The Kier molecular flexibility index (Phi) is 5.33. The van der Waals surface area contributed by atoms with Gasteiger partial charge in [0.15, 0.2) is 0 Å². The maximum Gasteiger partial charge on any atom is 0.400 e. The van der Waals surface area contributed by atoms with Crippen molar-refractivity contribution < 1.29 is 26.3 Å². The maximum absolute atomic E-state index is 13.9. The Bertz CT molecular complexity index is 607. The highest BCUT2D eigenvalue weighted by atomic mass is 35.5. The zero-order valence-electron chi connectivity index (χ0n) is 12.2. The molecule has 1 nitrogen and oxygen atoms in total. The molecular weight excluding hydrogens is 403 g/mol. The molecule has 1 aliphatic rings. The first-order chi connectivity index (χ1) is 10.8. The van der Waals surface area contributed by atoms with Crippen molar-refractivity contribution in [3.05, 3.63) is 32.8 Å². The minimum absolute atomic E-state index is 0.0550. The predicted octanol–water partition coefficient (Wildman–Crippen LogP) is 5.96. The molecule has 0 saturated carbocycles. The molecule has 0 amide bonds. The summed E-state index contributed by atoms with van der Waals surface area (Å²) >= 11 is 17.2. The summed E-state index contributed by atoms with van der Waals surface area (Å²) in [5, 5.41) is -0.842. The van der Waals surface area contributed by atoms with Gasteiger partial charge in [-0.2, -0.15) is 26.3 Å². The zero-order chi connectivity index (χ0) is 18.5. The molecule has 0 radical (unpaired) electrons.